The number of aliphatic hydroxyl groups is 1. The summed E-state index contributed by atoms with van der Waals surface area (Å²) >= 11 is 2.78. The maximum atomic E-state index is 12.6. The molecule has 18 heavy (non-hydrogen) atoms. The Balaban J connectivity index is 2.83. The van der Waals surface area contributed by atoms with Gasteiger partial charge in [-0.3, -0.25) is 5.32 Å². The molecule has 0 atom stereocenters. The smallest absolute Gasteiger partial charge is 0.417 e. The second-order valence-corrected chi connectivity index (χ2v) is 4.03. The highest BCUT2D eigenvalue weighted by Gasteiger charge is 2.33. The van der Waals surface area contributed by atoms with Crippen molar-refractivity contribution < 1.29 is 27.8 Å². The van der Waals surface area contributed by atoms with Crippen molar-refractivity contribution in [3.05, 3.63) is 28.2 Å². The summed E-state index contributed by atoms with van der Waals surface area (Å²) in [5, 5.41) is 10.5. The van der Waals surface area contributed by atoms with Gasteiger partial charge in [-0.05, 0) is 18.2 Å². The van der Waals surface area contributed by atoms with Crippen molar-refractivity contribution in [1.29, 1.82) is 0 Å². The quantitative estimate of drug-likeness (QED) is 0.897. The average molecular weight is 328 g/mol. The third-order valence-electron chi connectivity index (χ3n) is 1.84. The second kappa shape index (κ2) is 6.05. The van der Waals surface area contributed by atoms with Crippen LogP contribution in [-0.2, 0) is 10.9 Å². The van der Waals surface area contributed by atoms with E-state index in [2.05, 4.69) is 26.0 Å². The zero-order valence-corrected chi connectivity index (χ0v) is 10.5. The number of hydrogen-bond acceptors (Lipinski definition) is 3. The maximum absolute atomic E-state index is 12.6. The summed E-state index contributed by atoms with van der Waals surface area (Å²) in [6.07, 6.45) is -5.45. The van der Waals surface area contributed by atoms with E-state index in [9.17, 15) is 18.0 Å². The Hall–Kier alpha value is -1.28. The summed E-state index contributed by atoms with van der Waals surface area (Å²) in [7, 11) is 0. The molecule has 0 radical (unpaired) electrons. The van der Waals surface area contributed by atoms with Crippen LogP contribution in [0.15, 0.2) is 22.7 Å². The molecule has 8 heteroatoms. The van der Waals surface area contributed by atoms with Crippen LogP contribution in [0.4, 0.5) is 23.7 Å². The van der Waals surface area contributed by atoms with Crippen molar-refractivity contribution in [3.63, 3.8) is 0 Å². The third-order valence-corrected chi connectivity index (χ3v) is 2.53. The number of hydrogen-bond donors (Lipinski definition) is 2. The van der Waals surface area contributed by atoms with Gasteiger partial charge in [0.15, 0.2) is 0 Å². The first kappa shape index (κ1) is 14.8. The van der Waals surface area contributed by atoms with Crippen molar-refractivity contribution >= 4 is 27.7 Å². The lowest BCUT2D eigenvalue weighted by molar-refractivity contribution is -0.138. The fourth-order valence-corrected chi connectivity index (χ4v) is 1.58. The molecule has 2 N–H and O–H groups in total. The number of amides is 1. The molecular formula is C10H9BrF3NO3. The van der Waals surface area contributed by atoms with E-state index in [0.29, 0.717) is 0 Å². The summed E-state index contributed by atoms with van der Waals surface area (Å²) in [5.41, 5.74) is -0.948. The van der Waals surface area contributed by atoms with Crippen LogP contribution in [-0.4, -0.2) is 24.4 Å². The Morgan fingerprint density at radius 2 is 2.11 bits per heavy atom. The van der Waals surface area contributed by atoms with Gasteiger partial charge in [0.25, 0.3) is 0 Å². The Morgan fingerprint density at radius 1 is 1.44 bits per heavy atom. The number of nitrogens with one attached hydrogen (secondary N) is 1. The lowest BCUT2D eigenvalue weighted by Gasteiger charge is -2.11. The van der Waals surface area contributed by atoms with Gasteiger partial charge in [0.05, 0.1) is 12.2 Å². The zero-order chi connectivity index (χ0) is 13.8. The van der Waals surface area contributed by atoms with E-state index in [1.807, 2.05) is 0 Å². The van der Waals surface area contributed by atoms with Gasteiger partial charge < -0.3 is 9.84 Å². The van der Waals surface area contributed by atoms with E-state index < -0.39 is 17.8 Å². The van der Waals surface area contributed by atoms with Gasteiger partial charge >= 0.3 is 12.3 Å². The van der Waals surface area contributed by atoms with Gasteiger partial charge in [-0.2, -0.15) is 13.2 Å². The van der Waals surface area contributed by atoms with Crippen molar-refractivity contribution in [2.45, 2.75) is 6.18 Å². The first-order chi connectivity index (χ1) is 8.34. The molecule has 0 fully saturated rings. The predicted octanol–water partition coefficient (Wildman–Crippen LogP) is 3.01. The Bertz CT molecular complexity index is 437. The highest BCUT2D eigenvalue weighted by molar-refractivity contribution is 9.10. The number of rotatable bonds is 3. The number of aliphatic hydroxyl groups excluding tert-OH is 1. The number of carbonyl (C=O) groups is 1. The van der Waals surface area contributed by atoms with Gasteiger partial charge in [-0.1, -0.05) is 15.9 Å². The van der Waals surface area contributed by atoms with Crippen LogP contribution in [0, 0.1) is 0 Å². The van der Waals surface area contributed by atoms with Crippen molar-refractivity contribution in [2.24, 2.45) is 0 Å². The largest absolute Gasteiger partial charge is 0.447 e. The molecule has 1 aromatic rings. The minimum Gasteiger partial charge on any atom is -0.447 e. The first-order valence-corrected chi connectivity index (χ1v) is 5.55. The molecular weight excluding hydrogens is 319 g/mol. The molecule has 1 amide bonds. The maximum Gasteiger partial charge on any atom is 0.417 e. The number of anilines is 1. The van der Waals surface area contributed by atoms with Gasteiger partial charge in [0.2, 0.25) is 0 Å². The molecule has 100 valence electrons. The normalized spacial score (nSPS) is 11.2. The van der Waals surface area contributed by atoms with E-state index >= 15 is 0 Å². The molecule has 0 spiro atoms. The SMILES string of the molecule is O=C(Nc1ccc(Br)c(C(F)(F)F)c1)OCCO. The average Bonchev–Trinajstić information content (AvgIpc) is 2.27. The van der Waals surface area contributed by atoms with Crippen molar-refractivity contribution in [2.75, 3.05) is 18.5 Å². The van der Waals surface area contributed by atoms with E-state index in [4.69, 9.17) is 5.11 Å². The molecule has 0 unspecified atom stereocenters. The molecule has 0 saturated carbocycles. The number of carbonyl (C=O) groups excluding carboxylic acids is 1. The molecule has 1 aromatic carbocycles. The third kappa shape index (κ3) is 4.19. The highest BCUT2D eigenvalue weighted by Crippen LogP contribution is 2.36. The molecule has 0 aliphatic carbocycles. The van der Waals surface area contributed by atoms with Gasteiger partial charge in [-0.15, -0.1) is 0 Å². The fourth-order valence-electron chi connectivity index (χ4n) is 1.11. The van der Waals surface area contributed by atoms with Gasteiger partial charge in [0, 0.05) is 10.2 Å². The minimum absolute atomic E-state index is 0.0477. The molecule has 4 nitrogen and oxygen atoms in total. The van der Waals surface area contributed by atoms with E-state index in [1.54, 1.807) is 0 Å². The van der Waals surface area contributed by atoms with Crippen molar-refractivity contribution in [3.8, 4) is 0 Å². The standard InChI is InChI=1S/C10H9BrF3NO3/c11-8-2-1-6(5-7(8)10(12,13)14)15-9(17)18-4-3-16/h1-2,5,16H,3-4H2,(H,15,17). The molecule has 0 aliphatic rings. The zero-order valence-electron chi connectivity index (χ0n) is 8.92. The van der Waals surface area contributed by atoms with Crippen LogP contribution >= 0.6 is 15.9 Å². The Morgan fingerprint density at radius 3 is 2.67 bits per heavy atom. The number of ether oxygens (including phenoxy) is 1. The van der Waals surface area contributed by atoms with E-state index in [0.717, 1.165) is 6.07 Å². The summed E-state index contributed by atoms with van der Waals surface area (Å²) in [4.78, 5) is 11.1. The van der Waals surface area contributed by atoms with Crippen LogP contribution < -0.4 is 5.32 Å². The first-order valence-electron chi connectivity index (χ1n) is 4.76. The Labute approximate surface area is 109 Å². The van der Waals surface area contributed by atoms with Crippen LogP contribution in [0.1, 0.15) is 5.56 Å². The lowest BCUT2D eigenvalue weighted by Crippen LogP contribution is -2.16. The summed E-state index contributed by atoms with van der Waals surface area (Å²) in [5.74, 6) is 0. The number of benzene rings is 1. The summed E-state index contributed by atoms with van der Waals surface area (Å²) < 4.78 is 42.0. The molecule has 0 aliphatic heterocycles. The number of alkyl halides is 3. The fraction of sp³-hybridized carbons (Fsp3) is 0.300. The van der Waals surface area contributed by atoms with Crippen molar-refractivity contribution in [1.82, 2.24) is 0 Å². The summed E-state index contributed by atoms with van der Waals surface area (Å²) in [6, 6.07) is 3.24. The topological polar surface area (TPSA) is 58.6 Å². The van der Waals surface area contributed by atoms with Crippen LogP contribution in [0.2, 0.25) is 0 Å². The van der Waals surface area contributed by atoms with E-state index in [-0.39, 0.29) is 23.4 Å². The molecule has 1 rings (SSSR count). The molecule has 0 heterocycles. The Kier molecular flexibility index (Phi) is 4.97. The predicted molar refractivity (Wildman–Crippen MR) is 61.2 cm³/mol. The molecule has 0 aromatic heterocycles. The van der Waals surface area contributed by atoms with Gasteiger partial charge in [-0.25, -0.2) is 4.79 Å². The van der Waals surface area contributed by atoms with Crippen LogP contribution in [0.25, 0.3) is 0 Å². The van der Waals surface area contributed by atoms with Gasteiger partial charge in [0.1, 0.15) is 6.61 Å². The second-order valence-electron chi connectivity index (χ2n) is 3.18. The molecule has 0 saturated heterocycles. The monoisotopic (exact) mass is 327 g/mol. The molecule has 0 bridgehead atoms. The minimum atomic E-state index is -4.52. The van der Waals surface area contributed by atoms with Crippen LogP contribution in [0.3, 0.4) is 0 Å². The number of halogens is 4. The lowest BCUT2D eigenvalue weighted by atomic mass is 10.2. The van der Waals surface area contributed by atoms with Crippen LogP contribution in [0.5, 0.6) is 0 Å². The summed E-state index contributed by atoms with van der Waals surface area (Å²) in [6.45, 7) is -0.587. The van der Waals surface area contributed by atoms with E-state index in [1.165, 1.54) is 12.1 Å². The highest BCUT2D eigenvalue weighted by atomic mass is 79.9.